The largest absolute Gasteiger partial charge is 0.506 e. The summed E-state index contributed by atoms with van der Waals surface area (Å²) < 4.78 is 4.87. The van der Waals surface area contributed by atoms with Gasteiger partial charge in [0.25, 0.3) is 0 Å². The molecule has 0 amide bonds. The SMILES string of the molecule is CCCCCCCCCCCCN1/C(=C/C2=C(O)C(=C/C3=[N+](CCCCCCCCCCCC)c4ccc(I)cc4C3(C)C)/C2=O)C(C)(C)c2ccc(I)cc21. The second-order valence-electron chi connectivity index (χ2n) is 17.8. The molecule has 56 heavy (non-hydrogen) atoms. The Bertz CT molecular complexity index is 1800. The summed E-state index contributed by atoms with van der Waals surface area (Å²) in [6.07, 6.45) is 30.1. The molecule has 0 saturated carbocycles. The van der Waals surface area contributed by atoms with Gasteiger partial charge in [-0.3, -0.25) is 4.79 Å². The molecule has 2 aromatic carbocycles. The number of hydrogen-bond donors (Lipinski definition) is 1. The number of aliphatic hydroxyl groups excluding tert-OH is 1. The highest BCUT2D eigenvalue weighted by Gasteiger charge is 2.47. The number of allylic oxidation sites excluding steroid dienone is 5. The molecule has 306 valence electrons. The average Bonchev–Trinajstić information content (AvgIpc) is 3.50. The van der Waals surface area contributed by atoms with Gasteiger partial charge >= 0.3 is 0 Å². The van der Waals surface area contributed by atoms with E-state index in [1.165, 1.54) is 145 Å². The van der Waals surface area contributed by atoms with Crippen LogP contribution in [0, 0.1) is 7.14 Å². The molecular formula is C50H71I2N2O2+. The molecule has 0 radical (unpaired) electrons. The van der Waals surface area contributed by atoms with E-state index in [0.29, 0.717) is 11.1 Å². The van der Waals surface area contributed by atoms with E-state index in [9.17, 15) is 9.90 Å². The summed E-state index contributed by atoms with van der Waals surface area (Å²) in [5.74, 6) is 0.0818. The molecule has 0 unspecified atom stereocenters. The number of unbranched alkanes of at least 4 members (excludes halogenated alkanes) is 18. The molecule has 0 fully saturated rings. The van der Waals surface area contributed by atoms with Gasteiger partial charge in [-0.1, -0.05) is 143 Å². The standard InChI is InChI=1S/C50H70I2N2O2/c1-7-9-11-13-15-17-19-21-23-25-31-53-43-30-28-37(51)33-42(43)50(5,6)46(53)36-40-47(55)39(48(40)56)35-45-49(3,4)41-29-27-38(52)34-44(41)54(45)32-26-24-22-20-18-16-14-12-10-8-2/h27-30,33-36H,7-26,31-32H2,1-6H3/p+1. The van der Waals surface area contributed by atoms with Crippen LogP contribution >= 0.6 is 45.2 Å². The Morgan fingerprint density at radius 1 is 0.643 bits per heavy atom. The van der Waals surface area contributed by atoms with Crippen molar-refractivity contribution >= 4 is 68.1 Å². The summed E-state index contributed by atoms with van der Waals surface area (Å²) >= 11 is 4.82. The zero-order chi connectivity index (χ0) is 40.3. The third-order valence-corrected chi connectivity index (χ3v) is 14.1. The van der Waals surface area contributed by atoms with E-state index in [2.05, 4.69) is 133 Å². The maximum absolute atomic E-state index is 14.1. The highest BCUT2D eigenvalue weighted by Crippen LogP contribution is 2.50. The van der Waals surface area contributed by atoms with Crippen LogP contribution in [0.15, 0.2) is 71.2 Å². The molecule has 0 atom stereocenters. The van der Waals surface area contributed by atoms with Crippen molar-refractivity contribution < 1.29 is 14.5 Å². The molecule has 1 aliphatic carbocycles. The highest BCUT2D eigenvalue weighted by molar-refractivity contribution is 14.1. The number of halogens is 2. The van der Waals surface area contributed by atoms with Crippen LogP contribution in [0.5, 0.6) is 0 Å². The molecule has 0 spiro atoms. The third-order valence-electron chi connectivity index (χ3n) is 12.7. The van der Waals surface area contributed by atoms with Gasteiger partial charge in [-0.05, 0) is 108 Å². The van der Waals surface area contributed by atoms with Crippen molar-refractivity contribution in [2.75, 3.05) is 18.0 Å². The summed E-state index contributed by atoms with van der Waals surface area (Å²) in [4.78, 5) is 16.6. The third kappa shape index (κ3) is 10.8. The summed E-state index contributed by atoms with van der Waals surface area (Å²) in [7, 11) is 0. The molecule has 0 bridgehead atoms. The number of benzene rings is 2. The Morgan fingerprint density at radius 2 is 1.16 bits per heavy atom. The molecule has 4 nitrogen and oxygen atoms in total. The van der Waals surface area contributed by atoms with E-state index in [-0.39, 0.29) is 22.4 Å². The van der Waals surface area contributed by atoms with Crippen molar-refractivity contribution in [1.82, 2.24) is 0 Å². The first-order valence-electron chi connectivity index (χ1n) is 22.4. The fourth-order valence-corrected chi connectivity index (χ4v) is 10.2. The van der Waals surface area contributed by atoms with Gasteiger partial charge in [0.1, 0.15) is 12.3 Å². The van der Waals surface area contributed by atoms with Gasteiger partial charge in [0, 0.05) is 54.6 Å². The van der Waals surface area contributed by atoms with Crippen LogP contribution in [-0.4, -0.2) is 34.3 Å². The van der Waals surface area contributed by atoms with Crippen molar-refractivity contribution in [3.63, 3.8) is 0 Å². The first-order chi connectivity index (χ1) is 26.9. The molecule has 2 heterocycles. The maximum Gasteiger partial charge on any atom is 0.209 e. The molecule has 6 heteroatoms. The Balaban J connectivity index is 1.33. The predicted octanol–water partition coefficient (Wildman–Crippen LogP) is 15.1. The maximum atomic E-state index is 14.1. The van der Waals surface area contributed by atoms with Gasteiger partial charge in [0.15, 0.2) is 5.71 Å². The molecule has 2 aromatic rings. The number of aliphatic hydroxyl groups is 1. The van der Waals surface area contributed by atoms with Crippen LogP contribution in [0.25, 0.3) is 0 Å². The quantitative estimate of drug-likeness (QED) is 0.0493. The fourth-order valence-electron chi connectivity index (χ4n) is 9.21. The van der Waals surface area contributed by atoms with Crippen molar-refractivity contribution in [2.45, 2.75) is 181 Å². The van der Waals surface area contributed by atoms with Crippen molar-refractivity contribution in [3.8, 4) is 0 Å². The van der Waals surface area contributed by atoms with Gasteiger partial charge in [0.2, 0.25) is 11.5 Å². The number of carbonyl (C=O) groups is 1. The Morgan fingerprint density at radius 3 is 1.73 bits per heavy atom. The van der Waals surface area contributed by atoms with E-state index in [0.717, 1.165) is 37.3 Å². The lowest BCUT2D eigenvalue weighted by Crippen LogP contribution is -2.32. The summed E-state index contributed by atoms with van der Waals surface area (Å²) in [5.41, 5.74) is 7.60. The summed E-state index contributed by atoms with van der Waals surface area (Å²) in [5, 5.41) is 11.7. The molecule has 1 N–H and O–H groups in total. The Labute approximate surface area is 368 Å². The van der Waals surface area contributed by atoms with E-state index in [4.69, 9.17) is 0 Å². The molecule has 2 aliphatic heterocycles. The lowest BCUT2D eigenvalue weighted by molar-refractivity contribution is -0.438. The first-order valence-corrected chi connectivity index (χ1v) is 24.5. The number of carbonyl (C=O) groups excluding carboxylic acids is 1. The lowest BCUT2D eigenvalue weighted by Gasteiger charge is -2.29. The van der Waals surface area contributed by atoms with Crippen LogP contribution in [0.1, 0.15) is 181 Å². The number of anilines is 1. The van der Waals surface area contributed by atoms with E-state index in [1.807, 2.05) is 12.2 Å². The number of ketones is 1. The van der Waals surface area contributed by atoms with Crippen molar-refractivity contribution in [1.29, 1.82) is 0 Å². The van der Waals surface area contributed by atoms with E-state index < -0.39 is 0 Å². The summed E-state index contributed by atoms with van der Waals surface area (Å²) in [6.45, 7) is 15.5. The van der Waals surface area contributed by atoms with Gasteiger partial charge in [-0.25, -0.2) is 0 Å². The fraction of sp³-hybridized carbons (Fsp3) is 0.600. The second-order valence-corrected chi connectivity index (χ2v) is 20.3. The zero-order valence-corrected chi connectivity index (χ0v) is 40.0. The van der Waals surface area contributed by atoms with E-state index >= 15 is 0 Å². The topological polar surface area (TPSA) is 43.5 Å². The molecule has 5 rings (SSSR count). The monoisotopic (exact) mass is 985 g/mol. The minimum absolute atomic E-state index is 0.0528. The molecular weight excluding hydrogens is 914 g/mol. The summed E-state index contributed by atoms with van der Waals surface area (Å²) in [6, 6.07) is 13.5. The van der Waals surface area contributed by atoms with E-state index in [1.54, 1.807) is 0 Å². The smallest absolute Gasteiger partial charge is 0.209 e. The van der Waals surface area contributed by atoms with Crippen LogP contribution < -0.4 is 4.90 Å². The first kappa shape index (κ1) is 45.1. The molecule has 0 saturated heterocycles. The van der Waals surface area contributed by atoms with Gasteiger partial charge in [-0.15, -0.1) is 0 Å². The van der Waals surface area contributed by atoms with Crippen molar-refractivity contribution in [3.05, 3.63) is 89.4 Å². The van der Waals surface area contributed by atoms with Gasteiger partial charge < -0.3 is 10.0 Å². The zero-order valence-electron chi connectivity index (χ0n) is 35.7. The number of Topliss-reactive ketones (excluding diaryl/α,β-unsaturated/α-hetero) is 1. The van der Waals surface area contributed by atoms with Crippen LogP contribution in [0.4, 0.5) is 11.4 Å². The lowest BCUT2D eigenvalue weighted by atomic mass is 9.77. The number of hydrogen-bond acceptors (Lipinski definition) is 3. The number of nitrogens with zero attached hydrogens (tertiary/aromatic N) is 2. The number of fused-ring (bicyclic) bond motifs is 2. The Kier molecular flexibility index (Phi) is 17.2. The second kappa shape index (κ2) is 21.4. The normalized spacial score (nSPS) is 18.4. The van der Waals surface area contributed by atoms with Gasteiger partial charge in [0.05, 0.1) is 16.6 Å². The van der Waals surface area contributed by atoms with Crippen molar-refractivity contribution in [2.24, 2.45) is 0 Å². The van der Waals surface area contributed by atoms with Crippen LogP contribution in [0.2, 0.25) is 0 Å². The van der Waals surface area contributed by atoms with Crippen LogP contribution in [0.3, 0.4) is 0 Å². The molecule has 0 aromatic heterocycles. The highest BCUT2D eigenvalue weighted by atomic mass is 127. The van der Waals surface area contributed by atoms with Crippen LogP contribution in [-0.2, 0) is 15.6 Å². The Hall–Kier alpha value is -1.94. The average molecular weight is 986 g/mol. The number of rotatable bonds is 24. The minimum Gasteiger partial charge on any atom is -0.506 e. The molecule has 3 aliphatic rings. The van der Waals surface area contributed by atoms with Gasteiger partial charge in [-0.2, -0.15) is 4.58 Å². The minimum atomic E-state index is -0.283. The predicted molar refractivity (Wildman–Crippen MR) is 256 cm³/mol.